The van der Waals surface area contributed by atoms with Crippen LogP contribution in [-0.4, -0.2) is 31.1 Å². The molecule has 0 bridgehead atoms. The second kappa shape index (κ2) is 8.19. The van der Waals surface area contributed by atoms with Crippen LogP contribution in [0.2, 0.25) is 0 Å². The van der Waals surface area contributed by atoms with E-state index in [1.165, 1.54) is 5.56 Å². The summed E-state index contributed by atoms with van der Waals surface area (Å²) < 4.78 is 10.9. The highest BCUT2D eigenvalue weighted by atomic mass is 16.5. The molecule has 136 valence electrons. The van der Waals surface area contributed by atoms with Gasteiger partial charge in [0.15, 0.2) is 0 Å². The Kier molecular flexibility index (Phi) is 5.74. The summed E-state index contributed by atoms with van der Waals surface area (Å²) in [7, 11) is 1.65. The second-order valence-electron chi connectivity index (χ2n) is 6.62. The van der Waals surface area contributed by atoms with E-state index in [-0.39, 0.29) is 5.91 Å². The number of nitrogens with zero attached hydrogens (tertiary/aromatic N) is 1. The number of methoxy groups -OCH3 is 1. The highest BCUT2D eigenvalue weighted by molar-refractivity contribution is 5.89. The van der Waals surface area contributed by atoms with Crippen molar-refractivity contribution in [1.29, 1.82) is 0 Å². The van der Waals surface area contributed by atoms with Crippen LogP contribution in [0.5, 0.6) is 0 Å². The predicted octanol–water partition coefficient (Wildman–Crippen LogP) is 4.27. The molecule has 0 aliphatic carbocycles. The highest BCUT2D eigenvalue weighted by Crippen LogP contribution is 2.27. The van der Waals surface area contributed by atoms with E-state index in [0.717, 1.165) is 27.7 Å². The first-order valence-corrected chi connectivity index (χ1v) is 8.87. The van der Waals surface area contributed by atoms with Crippen LogP contribution in [-0.2, 0) is 22.5 Å². The molecule has 0 unspecified atom stereocenters. The summed E-state index contributed by atoms with van der Waals surface area (Å²) in [5.74, 6) is 0.0758. The van der Waals surface area contributed by atoms with E-state index < -0.39 is 0 Å². The summed E-state index contributed by atoms with van der Waals surface area (Å²) >= 11 is 0. The SMILES string of the molecule is COCCN(Cc1ccccc1)C(=O)Cc1coc2c(C)c(C)ccc12. The number of benzene rings is 2. The molecule has 0 fully saturated rings. The molecule has 0 aliphatic heterocycles. The maximum absolute atomic E-state index is 12.9. The van der Waals surface area contributed by atoms with Gasteiger partial charge in [0, 0.05) is 31.1 Å². The Bertz CT molecular complexity index is 883. The number of aryl methyl sites for hydroxylation is 2. The topological polar surface area (TPSA) is 42.7 Å². The van der Waals surface area contributed by atoms with Crippen molar-refractivity contribution in [1.82, 2.24) is 4.90 Å². The molecule has 0 N–H and O–H groups in total. The Balaban J connectivity index is 1.80. The third kappa shape index (κ3) is 3.97. The zero-order valence-electron chi connectivity index (χ0n) is 15.6. The maximum Gasteiger partial charge on any atom is 0.227 e. The van der Waals surface area contributed by atoms with Crippen LogP contribution >= 0.6 is 0 Å². The number of fused-ring (bicyclic) bond motifs is 1. The zero-order chi connectivity index (χ0) is 18.5. The number of hydrogen-bond acceptors (Lipinski definition) is 3. The van der Waals surface area contributed by atoms with Gasteiger partial charge in [-0.3, -0.25) is 4.79 Å². The molecule has 26 heavy (non-hydrogen) atoms. The van der Waals surface area contributed by atoms with Gasteiger partial charge in [-0.15, -0.1) is 0 Å². The van der Waals surface area contributed by atoms with Crippen LogP contribution in [0.3, 0.4) is 0 Å². The van der Waals surface area contributed by atoms with E-state index in [2.05, 4.69) is 13.0 Å². The minimum atomic E-state index is 0.0758. The lowest BCUT2D eigenvalue weighted by Crippen LogP contribution is -2.34. The number of ether oxygens (including phenoxy) is 1. The zero-order valence-corrected chi connectivity index (χ0v) is 15.6. The minimum absolute atomic E-state index is 0.0758. The summed E-state index contributed by atoms with van der Waals surface area (Å²) in [6, 6.07) is 14.1. The lowest BCUT2D eigenvalue weighted by molar-refractivity contribution is -0.131. The van der Waals surface area contributed by atoms with Crippen LogP contribution in [0.25, 0.3) is 11.0 Å². The molecule has 3 aromatic rings. The van der Waals surface area contributed by atoms with Gasteiger partial charge in [-0.25, -0.2) is 0 Å². The van der Waals surface area contributed by atoms with Crippen molar-refractivity contribution in [2.24, 2.45) is 0 Å². The molecule has 0 spiro atoms. The van der Waals surface area contributed by atoms with Gasteiger partial charge in [0.25, 0.3) is 0 Å². The van der Waals surface area contributed by atoms with Crippen molar-refractivity contribution in [2.45, 2.75) is 26.8 Å². The first kappa shape index (κ1) is 18.2. The molecule has 0 atom stereocenters. The smallest absolute Gasteiger partial charge is 0.227 e. The average molecular weight is 351 g/mol. The molecule has 0 saturated carbocycles. The van der Waals surface area contributed by atoms with Crippen molar-refractivity contribution in [2.75, 3.05) is 20.3 Å². The van der Waals surface area contributed by atoms with Crippen LogP contribution < -0.4 is 0 Å². The Morgan fingerprint density at radius 2 is 1.88 bits per heavy atom. The lowest BCUT2D eigenvalue weighted by Gasteiger charge is -2.22. The monoisotopic (exact) mass is 351 g/mol. The largest absolute Gasteiger partial charge is 0.464 e. The molecule has 0 aliphatic rings. The van der Waals surface area contributed by atoms with E-state index in [1.54, 1.807) is 13.4 Å². The van der Waals surface area contributed by atoms with Crippen molar-refractivity contribution in [3.05, 3.63) is 71.0 Å². The van der Waals surface area contributed by atoms with Gasteiger partial charge in [0.05, 0.1) is 19.3 Å². The number of carbonyl (C=O) groups is 1. The normalized spacial score (nSPS) is 11.0. The summed E-state index contributed by atoms with van der Waals surface area (Å²) in [6.45, 7) is 5.78. The Labute approximate surface area is 154 Å². The average Bonchev–Trinajstić information content (AvgIpc) is 3.06. The van der Waals surface area contributed by atoms with Gasteiger partial charge in [-0.1, -0.05) is 42.5 Å². The maximum atomic E-state index is 12.9. The highest BCUT2D eigenvalue weighted by Gasteiger charge is 2.18. The summed E-state index contributed by atoms with van der Waals surface area (Å²) in [5.41, 5.74) is 5.24. The fraction of sp³-hybridized carbons (Fsp3) is 0.318. The molecular weight excluding hydrogens is 326 g/mol. The Morgan fingerprint density at radius 1 is 1.12 bits per heavy atom. The molecule has 4 heteroatoms. The van der Waals surface area contributed by atoms with E-state index in [4.69, 9.17) is 9.15 Å². The number of rotatable bonds is 7. The van der Waals surface area contributed by atoms with Crippen molar-refractivity contribution >= 4 is 16.9 Å². The van der Waals surface area contributed by atoms with Crippen LogP contribution in [0, 0.1) is 13.8 Å². The quantitative estimate of drug-likeness (QED) is 0.638. The van der Waals surface area contributed by atoms with Gasteiger partial charge < -0.3 is 14.1 Å². The van der Waals surface area contributed by atoms with E-state index >= 15 is 0 Å². The Hall–Kier alpha value is -2.59. The van der Waals surface area contributed by atoms with E-state index in [1.807, 2.05) is 48.2 Å². The first-order valence-electron chi connectivity index (χ1n) is 8.87. The molecule has 1 aromatic heterocycles. The third-order valence-electron chi connectivity index (χ3n) is 4.82. The fourth-order valence-electron chi connectivity index (χ4n) is 3.10. The van der Waals surface area contributed by atoms with Crippen molar-refractivity contribution < 1.29 is 13.9 Å². The Morgan fingerprint density at radius 3 is 2.62 bits per heavy atom. The summed E-state index contributed by atoms with van der Waals surface area (Å²) in [5, 5.41) is 1.02. The molecular formula is C22H25NO3. The molecule has 1 heterocycles. The van der Waals surface area contributed by atoms with E-state index in [9.17, 15) is 4.79 Å². The van der Waals surface area contributed by atoms with Gasteiger partial charge >= 0.3 is 0 Å². The lowest BCUT2D eigenvalue weighted by atomic mass is 10.0. The van der Waals surface area contributed by atoms with Gasteiger partial charge in [0.1, 0.15) is 5.58 Å². The second-order valence-corrected chi connectivity index (χ2v) is 6.62. The number of amides is 1. The van der Waals surface area contributed by atoms with Gasteiger partial charge in [-0.05, 0) is 30.5 Å². The first-order chi connectivity index (χ1) is 12.6. The molecule has 4 nitrogen and oxygen atoms in total. The fourth-order valence-corrected chi connectivity index (χ4v) is 3.10. The van der Waals surface area contributed by atoms with E-state index in [0.29, 0.717) is 26.1 Å². The molecule has 0 saturated heterocycles. The number of carbonyl (C=O) groups excluding carboxylic acids is 1. The molecule has 0 radical (unpaired) electrons. The van der Waals surface area contributed by atoms with Gasteiger partial charge in [0.2, 0.25) is 5.91 Å². The number of furan rings is 1. The molecule has 1 amide bonds. The van der Waals surface area contributed by atoms with Crippen LogP contribution in [0.15, 0.2) is 53.1 Å². The summed E-state index contributed by atoms with van der Waals surface area (Å²) in [4.78, 5) is 14.8. The van der Waals surface area contributed by atoms with Crippen molar-refractivity contribution in [3.8, 4) is 0 Å². The standard InChI is InChI=1S/C22H25NO3/c1-16-9-10-20-19(15-26-22(20)17(16)2)13-21(24)23(11-12-25-3)14-18-7-5-4-6-8-18/h4-10,15H,11-14H2,1-3H3. The van der Waals surface area contributed by atoms with Crippen LogP contribution in [0.4, 0.5) is 0 Å². The third-order valence-corrected chi connectivity index (χ3v) is 4.82. The van der Waals surface area contributed by atoms with Crippen LogP contribution in [0.1, 0.15) is 22.3 Å². The minimum Gasteiger partial charge on any atom is -0.464 e. The number of hydrogen-bond donors (Lipinski definition) is 0. The predicted molar refractivity (Wildman–Crippen MR) is 103 cm³/mol. The van der Waals surface area contributed by atoms with Crippen molar-refractivity contribution in [3.63, 3.8) is 0 Å². The van der Waals surface area contributed by atoms with Gasteiger partial charge in [-0.2, -0.15) is 0 Å². The molecule has 3 rings (SSSR count). The summed E-state index contributed by atoms with van der Waals surface area (Å²) in [6.07, 6.45) is 2.04. The molecule has 2 aromatic carbocycles.